The highest BCUT2D eigenvalue weighted by atomic mass is 35.5. The molecule has 0 saturated heterocycles. The first-order valence-corrected chi connectivity index (χ1v) is 10.1. The summed E-state index contributed by atoms with van der Waals surface area (Å²) in [5, 5.41) is 9.63. The van der Waals surface area contributed by atoms with E-state index in [0.29, 0.717) is 44.3 Å². The highest BCUT2D eigenvalue weighted by Gasteiger charge is 2.20. The topological polar surface area (TPSA) is 134 Å². The van der Waals surface area contributed by atoms with Crippen molar-refractivity contribution in [1.82, 2.24) is 29.8 Å². The van der Waals surface area contributed by atoms with E-state index >= 15 is 0 Å². The number of thioether (sulfide) groups is 1. The third-order valence-corrected chi connectivity index (χ3v) is 5.14. The summed E-state index contributed by atoms with van der Waals surface area (Å²) in [5.41, 5.74) is 5.74. The summed E-state index contributed by atoms with van der Waals surface area (Å²) in [6.45, 7) is 1.79. The second kappa shape index (κ2) is 8.89. The fourth-order valence-corrected chi connectivity index (χ4v) is 3.47. The minimum absolute atomic E-state index is 0.149. The fraction of sp³-hybridized carbons (Fsp3) is 0.312. The molecule has 0 aliphatic rings. The van der Waals surface area contributed by atoms with Gasteiger partial charge in [0.2, 0.25) is 17.1 Å². The van der Waals surface area contributed by atoms with Crippen LogP contribution in [0.5, 0.6) is 5.75 Å². The summed E-state index contributed by atoms with van der Waals surface area (Å²) in [5.74, 6) is 8.57. The van der Waals surface area contributed by atoms with E-state index < -0.39 is 6.10 Å². The zero-order valence-corrected chi connectivity index (χ0v) is 18.2. The molecule has 0 saturated carbocycles. The molecule has 0 bridgehead atoms. The fourth-order valence-electron chi connectivity index (χ4n) is 2.30. The Morgan fingerprint density at radius 2 is 1.97 bits per heavy atom. The first-order valence-electron chi connectivity index (χ1n) is 8.37. The van der Waals surface area contributed by atoms with Crippen LogP contribution in [0, 0.1) is 0 Å². The van der Waals surface area contributed by atoms with Crippen molar-refractivity contribution in [2.75, 3.05) is 30.6 Å². The Labute approximate surface area is 181 Å². The third-order valence-electron chi connectivity index (χ3n) is 3.67. The number of hydrogen-bond donors (Lipinski definition) is 2. The molecule has 4 N–H and O–H groups in total. The molecule has 0 amide bonds. The summed E-state index contributed by atoms with van der Waals surface area (Å²) in [7, 11) is 3.64. The van der Waals surface area contributed by atoms with Crippen molar-refractivity contribution in [1.29, 1.82) is 0 Å². The Balaban J connectivity index is 1.70. The van der Waals surface area contributed by atoms with Crippen molar-refractivity contribution in [3.8, 4) is 5.75 Å². The predicted molar refractivity (Wildman–Crippen MR) is 114 cm³/mol. The monoisotopic (exact) mass is 455 g/mol. The highest BCUT2D eigenvalue weighted by molar-refractivity contribution is 7.98. The van der Waals surface area contributed by atoms with Crippen LogP contribution in [0.4, 0.5) is 11.9 Å². The van der Waals surface area contributed by atoms with Gasteiger partial charge in [0.05, 0.1) is 10.8 Å². The van der Waals surface area contributed by atoms with E-state index in [1.165, 1.54) is 16.4 Å². The van der Waals surface area contributed by atoms with Crippen LogP contribution in [0.2, 0.25) is 10.0 Å². The molecule has 13 heteroatoms. The second-order valence-electron chi connectivity index (χ2n) is 6.14. The number of anilines is 2. The number of benzene rings is 1. The van der Waals surface area contributed by atoms with E-state index in [-0.39, 0.29) is 5.95 Å². The van der Waals surface area contributed by atoms with Gasteiger partial charge >= 0.3 is 0 Å². The zero-order valence-electron chi connectivity index (χ0n) is 15.9. The maximum absolute atomic E-state index is 6.15. The molecule has 10 nitrogen and oxygen atoms in total. The standard InChI is InChI=1S/C16H19Cl2N9OS/c1-8(28-11-5-4-9(17)6-10(11)18)13-24-25-16(27(13)20)29-7-12-21-14(19)23-15(22-12)26(2)3/h4-6,8H,7,20H2,1-3H3,(H2,19,21,22,23)/t8-/m1/s1. The lowest BCUT2D eigenvalue weighted by Gasteiger charge is -2.15. The van der Waals surface area contributed by atoms with Crippen molar-refractivity contribution in [2.45, 2.75) is 23.9 Å². The molecule has 1 atom stereocenters. The molecule has 0 fully saturated rings. The molecule has 3 aromatic rings. The largest absolute Gasteiger partial charge is 0.481 e. The molecule has 2 aromatic heterocycles. The van der Waals surface area contributed by atoms with Crippen molar-refractivity contribution >= 4 is 46.9 Å². The minimum Gasteiger partial charge on any atom is -0.481 e. The maximum Gasteiger partial charge on any atom is 0.229 e. The number of nitrogens with zero attached hydrogens (tertiary/aromatic N) is 7. The smallest absolute Gasteiger partial charge is 0.229 e. The molecule has 0 aliphatic carbocycles. The number of rotatable bonds is 7. The SMILES string of the molecule is C[C@@H](Oc1ccc(Cl)cc1Cl)c1nnc(SCc2nc(N)nc(N(C)C)n2)n1N. The Morgan fingerprint density at radius 1 is 1.21 bits per heavy atom. The average Bonchev–Trinajstić information content (AvgIpc) is 3.02. The molecular formula is C16H19Cl2N9OS. The highest BCUT2D eigenvalue weighted by Crippen LogP contribution is 2.31. The van der Waals surface area contributed by atoms with Gasteiger partial charge in [-0.2, -0.15) is 15.0 Å². The van der Waals surface area contributed by atoms with Crippen LogP contribution in [0.15, 0.2) is 23.4 Å². The molecule has 0 aliphatic heterocycles. The third kappa shape index (κ3) is 5.11. The van der Waals surface area contributed by atoms with Crippen molar-refractivity contribution < 1.29 is 4.74 Å². The first-order chi connectivity index (χ1) is 13.7. The summed E-state index contributed by atoms with van der Waals surface area (Å²) >= 11 is 13.4. The van der Waals surface area contributed by atoms with Crippen LogP contribution >= 0.6 is 35.0 Å². The molecule has 3 rings (SSSR count). The molecule has 1 aromatic carbocycles. The van der Waals surface area contributed by atoms with Gasteiger partial charge in [0.15, 0.2) is 11.9 Å². The van der Waals surface area contributed by atoms with Gasteiger partial charge in [0, 0.05) is 19.1 Å². The Kier molecular flexibility index (Phi) is 6.50. The van der Waals surface area contributed by atoms with Crippen molar-refractivity contribution in [3.05, 3.63) is 39.9 Å². The van der Waals surface area contributed by atoms with Crippen LogP contribution in [0.1, 0.15) is 24.7 Å². The lowest BCUT2D eigenvalue weighted by atomic mass is 10.3. The molecule has 0 unspecified atom stereocenters. The van der Waals surface area contributed by atoms with Gasteiger partial charge in [-0.05, 0) is 25.1 Å². The quantitative estimate of drug-likeness (QED) is 0.403. The first kappa shape index (κ1) is 21.2. The lowest BCUT2D eigenvalue weighted by molar-refractivity contribution is 0.213. The average molecular weight is 456 g/mol. The van der Waals surface area contributed by atoms with Gasteiger partial charge in [0.1, 0.15) is 11.6 Å². The van der Waals surface area contributed by atoms with Crippen LogP contribution in [0.3, 0.4) is 0 Å². The predicted octanol–water partition coefficient (Wildman–Crippen LogP) is 2.56. The Hall–Kier alpha value is -2.50. The summed E-state index contributed by atoms with van der Waals surface area (Å²) in [6.07, 6.45) is -0.492. The number of halogens is 2. The maximum atomic E-state index is 6.15. The van der Waals surface area contributed by atoms with Gasteiger partial charge in [-0.3, -0.25) is 0 Å². The van der Waals surface area contributed by atoms with E-state index in [9.17, 15) is 0 Å². The molecule has 29 heavy (non-hydrogen) atoms. The van der Waals surface area contributed by atoms with E-state index in [1.807, 2.05) is 14.1 Å². The minimum atomic E-state index is -0.492. The molecule has 0 spiro atoms. The van der Waals surface area contributed by atoms with Crippen LogP contribution < -0.4 is 21.2 Å². The lowest BCUT2D eigenvalue weighted by Crippen LogP contribution is -2.19. The van der Waals surface area contributed by atoms with Crippen LogP contribution in [0.25, 0.3) is 0 Å². The Bertz CT molecular complexity index is 1010. The molecular weight excluding hydrogens is 437 g/mol. The van der Waals surface area contributed by atoms with E-state index in [2.05, 4.69) is 25.1 Å². The van der Waals surface area contributed by atoms with Crippen LogP contribution in [-0.4, -0.2) is 43.9 Å². The van der Waals surface area contributed by atoms with E-state index in [4.69, 9.17) is 39.5 Å². The second-order valence-corrected chi connectivity index (χ2v) is 7.92. The number of ether oxygens (including phenoxy) is 1. The number of nitrogens with two attached hydrogens (primary N) is 2. The van der Waals surface area contributed by atoms with Gasteiger partial charge in [-0.1, -0.05) is 35.0 Å². The van der Waals surface area contributed by atoms with Gasteiger partial charge < -0.3 is 21.2 Å². The molecule has 2 heterocycles. The van der Waals surface area contributed by atoms with Crippen LogP contribution in [-0.2, 0) is 5.75 Å². The van der Waals surface area contributed by atoms with Gasteiger partial charge in [-0.25, -0.2) is 4.68 Å². The van der Waals surface area contributed by atoms with Crippen molar-refractivity contribution in [3.63, 3.8) is 0 Å². The number of hydrogen-bond acceptors (Lipinski definition) is 10. The van der Waals surface area contributed by atoms with Crippen molar-refractivity contribution in [2.24, 2.45) is 0 Å². The van der Waals surface area contributed by atoms with E-state index in [1.54, 1.807) is 30.0 Å². The molecule has 0 radical (unpaired) electrons. The molecule has 154 valence electrons. The van der Waals surface area contributed by atoms with E-state index in [0.717, 1.165) is 0 Å². The zero-order chi connectivity index (χ0) is 21.1. The summed E-state index contributed by atoms with van der Waals surface area (Å²) in [4.78, 5) is 14.3. The Morgan fingerprint density at radius 3 is 2.66 bits per heavy atom. The summed E-state index contributed by atoms with van der Waals surface area (Å²) in [6, 6.07) is 4.97. The normalized spacial score (nSPS) is 12.0. The van der Waals surface area contributed by atoms with Gasteiger partial charge in [-0.15, -0.1) is 10.2 Å². The number of nitrogen functional groups attached to an aromatic ring is 2. The van der Waals surface area contributed by atoms with Gasteiger partial charge in [0.25, 0.3) is 0 Å². The summed E-state index contributed by atoms with van der Waals surface area (Å²) < 4.78 is 7.20. The number of aromatic nitrogens is 6.